The number of carbonyl (C=O) groups excluding carboxylic acids is 1. The average Bonchev–Trinajstić information content (AvgIpc) is 2.69. The van der Waals surface area contributed by atoms with Crippen LogP contribution < -0.4 is 4.74 Å². The quantitative estimate of drug-likeness (QED) is 0.519. The molecule has 0 bridgehead atoms. The van der Waals surface area contributed by atoms with Crippen molar-refractivity contribution in [1.29, 1.82) is 0 Å². The number of rotatable bonds is 2. The number of esters is 1. The molecule has 0 aliphatic rings. The molecule has 0 fully saturated rings. The molecule has 0 N–H and O–H groups in total. The molecule has 0 atom stereocenters. The van der Waals surface area contributed by atoms with Crippen molar-refractivity contribution >= 4 is 60.8 Å². The Balaban J connectivity index is 2.18. The Labute approximate surface area is 124 Å². The zero-order valence-corrected chi connectivity index (χ0v) is 13.0. The summed E-state index contributed by atoms with van der Waals surface area (Å²) in [5.74, 6) is 0.0626. The van der Waals surface area contributed by atoms with Crippen LogP contribution in [0, 0.1) is 0 Å². The minimum Gasteiger partial charge on any atom is -0.421 e. The summed E-state index contributed by atoms with van der Waals surface area (Å²) in [6.45, 7) is 0. The van der Waals surface area contributed by atoms with Crippen LogP contribution in [0.3, 0.4) is 0 Å². The number of benzene rings is 1. The van der Waals surface area contributed by atoms with Crippen LogP contribution in [0.4, 0.5) is 0 Å². The van der Waals surface area contributed by atoms with Crippen molar-refractivity contribution in [3.8, 4) is 5.75 Å². The summed E-state index contributed by atoms with van der Waals surface area (Å²) < 4.78 is 6.78. The first-order chi connectivity index (χ1) is 8.06. The van der Waals surface area contributed by atoms with Gasteiger partial charge in [-0.2, -0.15) is 0 Å². The molecule has 2 aromatic rings. The topological polar surface area (TPSA) is 26.3 Å². The van der Waals surface area contributed by atoms with Crippen molar-refractivity contribution in [3.05, 3.63) is 48.5 Å². The van der Waals surface area contributed by atoms with Gasteiger partial charge in [0.1, 0.15) is 10.6 Å². The first-order valence-electron chi connectivity index (χ1n) is 4.49. The Morgan fingerprint density at radius 1 is 1.24 bits per heavy atom. The molecule has 1 aromatic carbocycles. The number of hydrogen-bond donors (Lipinski definition) is 0. The third-order valence-corrected chi connectivity index (χ3v) is 4.33. The monoisotopic (exact) mass is 394 g/mol. The first-order valence-corrected chi connectivity index (χ1v) is 7.27. The van der Waals surface area contributed by atoms with Crippen molar-refractivity contribution in [2.24, 2.45) is 0 Å². The van der Waals surface area contributed by atoms with Gasteiger partial charge in [0, 0.05) is 5.02 Å². The summed E-state index contributed by atoms with van der Waals surface area (Å²) in [4.78, 5) is 12.3. The van der Waals surface area contributed by atoms with E-state index in [0.29, 0.717) is 20.1 Å². The summed E-state index contributed by atoms with van der Waals surface area (Å²) in [5, 5.41) is 0.579. The minimum absolute atomic E-state index is 0.385. The third-order valence-electron chi connectivity index (χ3n) is 1.87. The standard InChI is InChI=1S/C11H5Br2ClO2S/c12-7-5-6(14)1-2-8(7)16-11(15)9-3-4-10(13)17-9/h1-5H. The molecule has 0 saturated carbocycles. The fourth-order valence-corrected chi connectivity index (χ4v) is 3.16. The second-order valence-electron chi connectivity index (χ2n) is 3.07. The zero-order valence-electron chi connectivity index (χ0n) is 8.25. The van der Waals surface area contributed by atoms with E-state index in [-0.39, 0.29) is 5.97 Å². The highest BCUT2D eigenvalue weighted by molar-refractivity contribution is 9.11. The summed E-state index contributed by atoms with van der Waals surface area (Å²) in [6.07, 6.45) is 0. The van der Waals surface area contributed by atoms with E-state index in [4.69, 9.17) is 16.3 Å². The fourth-order valence-electron chi connectivity index (χ4n) is 1.13. The summed E-state index contributed by atoms with van der Waals surface area (Å²) in [5.41, 5.74) is 0. The Hall–Kier alpha value is -0.360. The van der Waals surface area contributed by atoms with Gasteiger partial charge in [-0.25, -0.2) is 4.79 Å². The molecule has 0 unspecified atom stereocenters. The largest absolute Gasteiger partial charge is 0.421 e. The molecular weight excluding hydrogens is 391 g/mol. The Kier molecular flexibility index (Phi) is 4.25. The Bertz CT molecular complexity index is 568. The highest BCUT2D eigenvalue weighted by Gasteiger charge is 2.13. The first kappa shape index (κ1) is 13.1. The predicted octanol–water partition coefficient (Wildman–Crippen LogP) is 5.15. The molecule has 88 valence electrons. The second-order valence-corrected chi connectivity index (χ2v) is 6.82. The van der Waals surface area contributed by atoms with Gasteiger partial charge in [0.05, 0.1) is 8.26 Å². The van der Waals surface area contributed by atoms with Gasteiger partial charge in [0.2, 0.25) is 0 Å². The summed E-state index contributed by atoms with van der Waals surface area (Å²) in [6, 6.07) is 8.50. The number of thiophene rings is 1. The SMILES string of the molecule is O=C(Oc1ccc(Cl)cc1Br)c1ccc(Br)s1. The molecule has 0 radical (unpaired) electrons. The maximum atomic E-state index is 11.8. The van der Waals surface area contributed by atoms with E-state index >= 15 is 0 Å². The Morgan fingerprint density at radius 2 is 2.00 bits per heavy atom. The smallest absolute Gasteiger partial charge is 0.353 e. The van der Waals surface area contributed by atoms with E-state index < -0.39 is 0 Å². The van der Waals surface area contributed by atoms with Crippen LogP contribution in [0.5, 0.6) is 5.75 Å². The summed E-state index contributed by atoms with van der Waals surface area (Å²) >= 11 is 13.7. The lowest BCUT2D eigenvalue weighted by Crippen LogP contribution is -2.06. The van der Waals surface area contributed by atoms with Crippen molar-refractivity contribution in [1.82, 2.24) is 0 Å². The van der Waals surface area contributed by atoms with Gasteiger partial charge in [-0.3, -0.25) is 0 Å². The number of halogens is 3. The number of ether oxygens (including phenoxy) is 1. The molecule has 0 aliphatic heterocycles. The highest BCUT2D eigenvalue weighted by Crippen LogP contribution is 2.30. The fraction of sp³-hybridized carbons (Fsp3) is 0. The van der Waals surface area contributed by atoms with Gasteiger partial charge in [0.15, 0.2) is 0 Å². The van der Waals surface area contributed by atoms with Gasteiger partial charge in [0.25, 0.3) is 0 Å². The van der Waals surface area contributed by atoms with E-state index in [0.717, 1.165) is 3.79 Å². The summed E-state index contributed by atoms with van der Waals surface area (Å²) in [7, 11) is 0. The molecule has 17 heavy (non-hydrogen) atoms. The van der Waals surface area contributed by atoms with E-state index in [2.05, 4.69) is 31.9 Å². The maximum absolute atomic E-state index is 11.8. The minimum atomic E-state index is -0.385. The van der Waals surface area contributed by atoms with Crippen LogP contribution in [0.25, 0.3) is 0 Å². The van der Waals surface area contributed by atoms with Crippen LogP contribution in [-0.2, 0) is 0 Å². The molecular formula is C11H5Br2ClO2S. The predicted molar refractivity (Wildman–Crippen MR) is 76.1 cm³/mol. The lowest BCUT2D eigenvalue weighted by atomic mass is 10.3. The van der Waals surface area contributed by atoms with Crippen molar-refractivity contribution in [2.45, 2.75) is 0 Å². The Morgan fingerprint density at radius 3 is 2.59 bits per heavy atom. The van der Waals surface area contributed by atoms with Crippen LogP contribution >= 0.6 is 54.8 Å². The van der Waals surface area contributed by atoms with Crippen LogP contribution in [0.1, 0.15) is 9.67 Å². The third kappa shape index (κ3) is 3.31. The second kappa shape index (κ2) is 5.52. The molecule has 2 rings (SSSR count). The van der Waals surface area contributed by atoms with E-state index in [1.54, 1.807) is 30.3 Å². The van der Waals surface area contributed by atoms with Gasteiger partial charge < -0.3 is 4.74 Å². The lowest BCUT2D eigenvalue weighted by Gasteiger charge is -2.05. The maximum Gasteiger partial charge on any atom is 0.353 e. The van der Waals surface area contributed by atoms with Crippen molar-refractivity contribution in [2.75, 3.05) is 0 Å². The van der Waals surface area contributed by atoms with Gasteiger partial charge in [-0.1, -0.05) is 11.6 Å². The molecule has 0 amide bonds. The van der Waals surface area contributed by atoms with Gasteiger partial charge in [-0.15, -0.1) is 11.3 Å². The van der Waals surface area contributed by atoms with Crippen LogP contribution in [-0.4, -0.2) is 5.97 Å². The molecule has 0 spiro atoms. The molecule has 1 aromatic heterocycles. The molecule has 0 saturated heterocycles. The van der Waals surface area contributed by atoms with E-state index in [1.165, 1.54) is 11.3 Å². The molecule has 6 heteroatoms. The van der Waals surface area contributed by atoms with Gasteiger partial charge >= 0.3 is 5.97 Å². The number of hydrogen-bond acceptors (Lipinski definition) is 3. The van der Waals surface area contributed by atoms with Crippen molar-refractivity contribution in [3.63, 3.8) is 0 Å². The normalized spacial score (nSPS) is 10.3. The average molecular weight is 396 g/mol. The lowest BCUT2D eigenvalue weighted by molar-refractivity contribution is 0.0738. The van der Waals surface area contributed by atoms with E-state index in [1.807, 2.05) is 0 Å². The molecule has 0 aliphatic carbocycles. The van der Waals surface area contributed by atoms with Crippen LogP contribution in [0.2, 0.25) is 5.02 Å². The van der Waals surface area contributed by atoms with Crippen LogP contribution in [0.15, 0.2) is 38.6 Å². The van der Waals surface area contributed by atoms with Gasteiger partial charge in [-0.05, 0) is 62.2 Å². The molecule has 1 heterocycles. The number of carbonyl (C=O) groups is 1. The van der Waals surface area contributed by atoms with Crippen molar-refractivity contribution < 1.29 is 9.53 Å². The highest BCUT2D eigenvalue weighted by atomic mass is 79.9. The zero-order chi connectivity index (χ0) is 12.4. The molecule has 2 nitrogen and oxygen atoms in total. The van der Waals surface area contributed by atoms with E-state index in [9.17, 15) is 4.79 Å².